The van der Waals surface area contributed by atoms with Crippen LogP contribution in [0.3, 0.4) is 0 Å². The summed E-state index contributed by atoms with van der Waals surface area (Å²) in [7, 11) is 3.30. The normalized spacial score (nSPS) is 10.5. The molecule has 4 nitrogen and oxygen atoms in total. The highest BCUT2D eigenvalue weighted by Gasteiger charge is 2.14. The summed E-state index contributed by atoms with van der Waals surface area (Å²) in [5, 5.41) is 0.215. The molecule has 6 heteroatoms. The lowest BCUT2D eigenvalue weighted by Crippen LogP contribution is -2.30. The summed E-state index contributed by atoms with van der Waals surface area (Å²) in [6.07, 6.45) is 0. The lowest BCUT2D eigenvalue weighted by molar-refractivity contribution is 0.398. The van der Waals surface area contributed by atoms with Crippen LogP contribution in [0.5, 0.6) is 11.6 Å². The number of nitrogens with zero attached hydrogens (tertiary/aromatic N) is 2. The van der Waals surface area contributed by atoms with Gasteiger partial charge in [-0.3, -0.25) is 4.90 Å². The van der Waals surface area contributed by atoms with Gasteiger partial charge in [0, 0.05) is 13.1 Å². The highest BCUT2D eigenvalue weighted by atomic mass is 32.1. The van der Waals surface area contributed by atoms with E-state index in [0.29, 0.717) is 23.0 Å². The molecule has 0 saturated heterocycles. The van der Waals surface area contributed by atoms with E-state index in [4.69, 9.17) is 21.7 Å². The lowest BCUT2D eigenvalue weighted by Gasteiger charge is -2.19. The van der Waals surface area contributed by atoms with Crippen molar-refractivity contribution in [2.45, 2.75) is 19.8 Å². The van der Waals surface area contributed by atoms with Crippen LogP contribution in [0.15, 0.2) is 36.4 Å². The number of aromatic nitrogens is 1. The Morgan fingerprint density at radius 1 is 1.26 bits per heavy atom. The van der Waals surface area contributed by atoms with Gasteiger partial charge < -0.3 is 9.47 Å². The fraction of sp³-hybridized carbons (Fsp3) is 0.294. The topological polar surface area (TPSA) is 34.6 Å². The van der Waals surface area contributed by atoms with Crippen LogP contribution in [0.25, 0.3) is 0 Å². The smallest absolute Gasteiger partial charge is 0.270 e. The second-order valence-electron chi connectivity index (χ2n) is 5.30. The molecule has 2 aromatic rings. The molecule has 0 amide bonds. The molecule has 0 aliphatic carbocycles. The van der Waals surface area contributed by atoms with Crippen molar-refractivity contribution < 1.29 is 13.9 Å². The van der Waals surface area contributed by atoms with E-state index in [2.05, 4.69) is 4.98 Å². The molecule has 0 bridgehead atoms. The number of rotatable bonds is 4. The average Bonchev–Trinajstić information content (AvgIpc) is 2.55. The molecule has 122 valence electrons. The molecule has 0 N–H and O–H groups in total. The Kier molecular flexibility index (Phi) is 5.50. The van der Waals surface area contributed by atoms with E-state index in [-0.39, 0.29) is 16.9 Å². The number of halogens is 1. The molecule has 0 saturated carbocycles. The fourth-order valence-corrected chi connectivity index (χ4v) is 2.18. The maximum atomic E-state index is 13.7. The van der Waals surface area contributed by atoms with Crippen molar-refractivity contribution in [1.29, 1.82) is 0 Å². The second kappa shape index (κ2) is 7.37. The quantitative estimate of drug-likeness (QED) is 0.785. The molecule has 23 heavy (non-hydrogen) atoms. The summed E-state index contributed by atoms with van der Waals surface area (Å²) in [6, 6.07) is 9.96. The van der Waals surface area contributed by atoms with Gasteiger partial charge in [0.05, 0.1) is 7.11 Å². The molecule has 1 heterocycles. The van der Waals surface area contributed by atoms with Crippen molar-refractivity contribution in [3.63, 3.8) is 0 Å². The molecule has 0 aliphatic heterocycles. The van der Waals surface area contributed by atoms with Crippen LogP contribution in [-0.2, 0) is 0 Å². The second-order valence-corrected chi connectivity index (χ2v) is 5.65. The highest BCUT2D eigenvalue weighted by molar-refractivity contribution is 7.80. The molecular weight excluding hydrogens is 315 g/mol. The predicted molar refractivity (Wildman–Crippen MR) is 92.9 cm³/mol. The zero-order chi connectivity index (χ0) is 17.0. The average molecular weight is 334 g/mol. The van der Waals surface area contributed by atoms with Crippen LogP contribution in [0.2, 0.25) is 0 Å². The largest absolute Gasteiger partial charge is 0.481 e. The number of pyridine rings is 1. The van der Waals surface area contributed by atoms with Crippen molar-refractivity contribution in [2.24, 2.45) is 0 Å². The number of thiocarbonyl (C=S) groups is 1. The monoisotopic (exact) mass is 334 g/mol. The third-order valence-corrected chi connectivity index (χ3v) is 3.69. The van der Waals surface area contributed by atoms with Crippen molar-refractivity contribution in [1.82, 2.24) is 4.98 Å². The summed E-state index contributed by atoms with van der Waals surface area (Å²) in [5.74, 6) is 1.39. The number of hydrogen-bond donors (Lipinski definition) is 0. The Balaban J connectivity index is 2.16. The third-order valence-electron chi connectivity index (χ3n) is 3.33. The Bertz CT molecular complexity index is 707. The maximum Gasteiger partial charge on any atom is 0.270 e. The molecule has 1 aromatic heterocycles. The minimum Gasteiger partial charge on any atom is -0.481 e. The number of methoxy groups -OCH3 is 1. The Morgan fingerprint density at radius 3 is 2.65 bits per heavy atom. The number of ether oxygens (including phenoxy) is 2. The molecular formula is C17H19FN2O2S. The van der Waals surface area contributed by atoms with Crippen molar-refractivity contribution in [2.75, 3.05) is 19.1 Å². The summed E-state index contributed by atoms with van der Waals surface area (Å²) >= 11 is 5.29. The molecule has 0 unspecified atom stereocenters. The van der Waals surface area contributed by atoms with E-state index >= 15 is 0 Å². The maximum absolute atomic E-state index is 13.7. The number of benzene rings is 1. The van der Waals surface area contributed by atoms with Crippen LogP contribution in [0.4, 0.5) is 10.2 Å². The van der Waals surface area contributed by atoms with Gasteiger partial charge in [-0.2, -0.15) is 4.98 Å². The highest BCUT2D eigenvalue weighted by Crippen LogP contribution is 2.24. The molecule has 2 rings (SSSR count). The van der Waals surface area contributed by atoms with Crippen LogP contribution >= 0.6 is 12.2 Å². The Morgan fingerprint density at radius 2 is 2.00 bits per heavy atom. The van der Waals surface area contributed by atoms with Crippen molar-refractivity contribution in [3.8, 4) is 11.6 Å². The molecule has 0 atom stereocenters. The Labute approximate surface area is 140 Å². The minimum atomic E-state index is -0.249. The van der Waals surface area contributed by atoms with E-state index in [1.54, 1.807) is 43.3 Å². The standard InChI is InChI=1S/C17H19FN2O2S/c1-11(2)13-10-12(8-9-14(13)18)22-17(23)20(3)15-6-5-7-16(19-15)21-4/h5-11H,1-4H3. The predicted octanol–water partition coefficient (Wildman–Crippen LogP) is 4.15. The summed E-state index contributed by atoms with van der Waals surface area (Å²) in [4.78, 5) is 5.91. The van der Waals surface area contributed by atoms with Gasteiger partial charge in [-0.15, -0.1) is 0 Å². The third kappa shape index (κ3) is 4.16. The summed E-state index contributed by atoms with van der Waals surface area (Å²) in [5.41, 5.74) is 0.590. The van der Waals surface area contributed by atoms with Gasteiger partial charge in [0.1, 0.15) is 17.4 Å². The molecule has 0 radical (unpaired) electrons. The van der Waals surface area contributed by atoms with E-state index < -0.39 is 0 Å². The first-order valence-electron chi connectivity index (χ1n) is 7.18. The molecule has 1 aromatic carbocycles. The van der Waals surface area contributed by atoms with Crippen molar-refractivity contribution in [3.05, 3.63) is 47.8 Å². The van der Waals surface area contributed by atoms with Gasteiger partial charge in [-0.25, -0.2) is 4.39 Å². The van der Waals surface area contributed by atoms with Crippen LogP contribution < -0.4 is 14.4 Å². The summed E-state index contributed by atoms with van der Waals surface area (Å²) < 4.78 is 24.5. The minimum absolute atomic E-state index is 0.0601. The zero-order valence-corrected chi connectivity index (χ0v) is 14.4. The first-order valence-corrected chi connectivity index (χ1v) is 7.59. The van der Waals surface area contributed by atoms with Gasteiger partial charge in [-0.05, 0) is 48.0 Å². The SMILES string of the molecule is COc1cccc(N(C)C(=S)Oc2ccc(F)c(C(C)C)c2)n1. The van der Waals surface area contributed by atoms with E-state index in [0.717, 1.165) is 0 Å². The van der Waals surface area contributed by atoms with E-state index in [1.165, 1.54) is 6.07 Å². The van der Waals surface area contributed by atoms with Gasteiger partial charge >= 0.3 is 0 Å². The Hall–Kier alpha value is -2.21. The molecule has 0 spiro atoms. The molecule has 0 aliphatic rings. The van der Waals surface area contributed by atoms with Crippen molar-refractivity contribution >= 4 is 23.2 Å². The summed E-state index contributed by atoms with van der Waals surface area (Å²) in [6.45, 7) is 3.85. The zero-order valence-electron chi connectivity index (χ0n) is 13.5. The van der Waals surface area contributed by atoms with Crippen LogP contribution in [0.1, 0.15) is 25.3 Å². The van der Waals surface area contributed by atoms with Gasteiger partial charge in [0.15, 0.2) is 0 Å². The first-order chi connectivity index (χ1) is 10.9. The first kappa shape index (κ1) is 17.1. The number of hydrogen-bond acceptors (Lipinski definition) is 4. The van der Waals surface area contributed by atoms with Crippen LogP contribution in [-0.4, -0.2) is 24.3 Å². The fourth-order valence-electron chi connectivity index (χ4n) is 1.99. The van der Waals surface area contributed by atoms with Gasteiger partial charge in [0.2, 0.25) is 5.88 Å². The lowest BCUT2D eigenvalue weighted by atomic mass is 10.0. The molecule has 0 fully saturated rings. The van der Waals surface area contributed by atoms with Gasteiger partial charge in [0.25, 0.3) is 5.17 Å². The van der Waals surface area contributed by atoms with Gasteiger partial charge in [-0.1, -0.05) is 19.9 Å². The van der Waals surface area contributed by atoms with Crippen LogP contribution in [0, 0.1) is 5.82 Å². The number of anilines is 1. The van der Waals surface area contributed by atoms with E-state index in [9.17, 15) is 4.39 Å². The van der Waals surface area contributed by atoms with E-state index in [1.807, 2.05) is 19.9 Å².